The highest BCUT2D eigenvalue weighted by atomic mass is 35.5. The zero-order valence-electron chi connectivity index (χ0n) is 12.4. The fourth-order valence-corrected chi connectivity index (χ4v) is 2.48. The lowest BCUT2D eigenvalue weighted by Gasteiger charge is -2.11. The van der Waals surface area contributed by atoms with Crippen LogP contribution in [0.3, 0.4) is 0 Å². The van der Waals surface area contributed by atoms with Crippen LogP contribution in [0.25, 0.3) is 10.8 Å². The van der Waals surface area contributed by atoms with Crippen molar-refractivity contribution in [3.63, 3.8) is 0 Å². The lowest BCUT2D eigenvalue weighted by molar-refractivity contribution is -0.137. The summed E-state index contributed by atoms with van der Waals surface area (Å²) in [6.45, 7) is 0. The smallest absolute Gasteiger partial charge is 0.417 e. The fourth-order valence-electron chi connectivity index (χ4n) is 2.26. The fraction of sp³-hybridized carbons (Fsp3) is 0.0588. The quantitative estimate of drug-likeness (QED) is 0.713. The first kappa shape index (κ1) is 17.0. The van der Waals surface area contributed by atoms with Gasteiger partial charge in [-0.2, -0.15) is 13.2 Å². The third-order valence-electron chi connectivity index (χ3n) is 3.42. The third kappa shape index (κ3) is 3.51. The lowest BCUT2D eigenvalue weighted by Crippen LogP contribution is -2.15. The summed E-state index contributed by atoms with van der Waals surface area (Å²) in [5.41, 5.74) is -1.92. The van der Waals surface area contributed by atoms with Gasteiger partial charge >= 0.3 is 11.8 Å². The molecule has 0 unspecified atom stereocenters. The Hall–Kier alpha value is -2.80. The van der Waals surface area contributed by atoms with Crippen molar-refractivity contribution in [3.8, 4) is 0 Å². The minimum Gasteiger partial charge on any atom is -0.417 e. The van der Waals surface area contributed by atoms with Gasteiger partial charge in [-0.3, -0.25) is 4.79 Å². The summed E-state index contributed by atoms with van der Waals surface area (Å²) < 4.78 is 43.5. The van der Waals surface area contributed by atoms with Gasteiger partial charge in [-0.05, 0) is 35.7 Å². The second kappa shape index (κ2) is 6.25. The molecule has 128 valence electrons. The highest BCUT2D eigenvalue weighted by molar-refractivity contribution is 6.31. The standard InChI is InChI=1S/C17H9ClF3NO3/c18-13-6-5-10(8-12(13)17(19,20)21)22-15(23)14-7-9-3-1-2-4-11(9)16(24)25-14/h1-8H,(H,22,23). The summed E-state index contributed by atoms with van der Waals surface area (Å²) in [5.74, 6) is -1.16. The lowest BCUT2D eigenvalue weighted by atomic mass is 10.1. The number of rotatable bonds is 2. The number of alkyl halides is 3. The molecule has 1 N–H and O–H groups in total. The van der Waals surface area contributed by atoms with Gasteiger partial charge in [-0.1, -0.05) is 29.8 Å². The Labute approximate surface area is 143 Å². The zero-order valence-corrected chi connectivity index (χ0v) is 13.1. The van der Waals surface area contributed by atoms with Crippen LogP contribution in [0.5, 0.6) is 0 Å². The number of halogens is 4. The second-order valence-electron chi connectivity index (χ2n) is 5.13. The van der Waals surface area contributed by atoms with Crippen LogP contribution in [0.15, 0.2) is 57.7 Å². The molecule has 8 heteroatoms. The van der Waals surface area contributed by atoms with Gasteiger partial charge in [0.05, 0.1) is 16.0 Å². The Balaban J connectivity index is 1.94. The molecule has 3 rings (SSSR count). The van der Waals surface area contributed by atoms with E-state index in [9.17, 15) is 22.8 Å². The van der Waals surface area contributed by atoms with E-state index in [1.165, 1.54) is 18.2 Å². The molecule has 0 radical (unpaired) electrons. The molecule has 4 nitrogen and oxygen atoms in total. The van der Waals surface area contributed by atoms with Crippen LogP contribution in [0.4, 0.5) is 18.9 Å². The second-order valence-corrected chi connectivity index (χ2v) is 5.54. The van der Waals surface area contributed by atoms with E-state index >= 15 is 0 Å². The maximum absolute atomic E-state index is 12.9. The Bertz CT molecular complexity index is 1030. The van der Waals surface area contributed by atoms with Crippen molar-refractivity contribution in [1.82, 2.24) is 0 Å². The SMILES string of the molecule is O=C(Nc1ccc(Cl)c(C(F)(F)F)c1)c1cc2ccccc2c(=O)o1. The molecule has 0 aliphatic heterocycles. The van der Waals surface area contributed by atoms with Gasteiger partial charge in [-0.25, -0.2) is 4.79 Å². The highest BCUT2D eigenvalue weighted by Gasteiger charge is 2.33. The number of carbonyl (C=O) groups is 1. The van der Waals surface area contributed by atoms with Crippen LogP contribution >= 0.6 is 11.6 Å². The first-order valence-corrected chi connectivity index (χ1v) is 7.34. The van der Waals surface area contributed by atoms with Gasteiger partial charge in [0.1, 0.15) is 0 Å². The van der Waals surface area contributed by atoms with Crippen molar-refractivity contribution in [2.75, 3.05) is 5.32 Å². The van der Waals surface area contributed by atoms with E-state index in [4.69, 9.17) is 16.0 Å². The number of hydrogen-bond acceptors (Lipinski definition) is 3. The van der Waals surface area contributed by atoms with Crippen molar-refractivity contribution in [1.29, 1.82) is 0 Å². The van der Waals surface area contributed by atoms with E-state index in [2.05, 4.69) is 5.32 Å². The summed E-state index contributed by atoms with van der Waals surface area (Å²) in [6.07, 6.45) is -4.66. The van der Waals surface area contributed by atoms with E-state index in [1.807, 2.05) is 0 Å². The molecule has 25 heavy (non-hydrogen) atoms. The Morgan fingerprint density at radius 1 is 1.08 bits per heavy atom. The number of hydrogen-bond donors (Lipinski definition) is 1. The van der Waals surface area contributed by atoms with Crippen molar-refractivity contribution >= 4 is 34.0 Å². The number of amides is 1. The topological polar surface area (TPSA) is 59.3 Å². The molecular weight excluding hydrogens is 359 g/mol. The third-order valence-corrected chi connectivity index (χ3v) is 3.75. The maximum Gasteiger partial charge on any atom is 0.417 e. The monoisotopic (exact) mass is 367 g/mol. The molecule has 0 saturated carbocycles. The molecular formula is C17H9ClF3NO3. The van der Waals surface area contributed by atoms with Gasteiger partial charge < -0.3 is 9.73 Å². The number of fused-ring (bicyclic) bond motifs is 1. The average molecular weight is 368 g/mol. The molecule has 0 aliphatic carbocycles. The predicted octanol–water partition coefficient (Wildman–Crippen LogP) is 4.72. The average Bonchev–Trinajstić information content (AvgIpc) is 2.55. The van der Waals surface area contributed by atoms with E-state index < -0.39 is 28.3 Å². The summed E-state index contributed by atoms with van der Waals surface area (Å²) in [7, 11) is 0. The molecule has 1 heterocycles. The van der Waals surface area contributed by atoms with Crippen LogP contribution in [-0.4, -0.2) is 5.91 Å². The largest absolute Gasteiger partial charge is 0.417 e. The van der Waals surface area contributed by atoms with Gasteiger partial charge in [0.15, 0.2) is 5.76 Å². The van der Waals surface area contributed by atoms with Crippen LogP contribution in [0.1, 0.15) is 16.1 Å². The van der Waals surface area contributed by atoms with Crippen molar-refractivity contribution in [2.24, 2.45) is 0 Å². The Kier molecular flexibility index (Phi) is 4.26. The molecule has 0 spiro atoms. The molecule has 2 aromatic carbocycles. The van der Waals surface area contributed by atoms with Crippen LogP contribution in [0, 0.1) is 0 Å². The minimum absolute atomic E-state index is 0.127. The van der Waals surface area contributed by atoms with E-state index in [0.717, 1.165) is 6.07 Å². The van der Waals surface area contributed by atoms with Crippen LogP contribution in [0.2, 0.25) is 5.02 Å². The van der Waals surface area contributed by atoms with E-state index in [0.29, 0.717) is 16.8 Å². The number of anilines is 1. The Morgan fingerprint density at radius 3 is 2.52 bits per heavy atom. The molecule has 0 saturated heterocycles. The molecule has 1 amide bonds. The van der Waals surface area contributed by atoms with Gasteiger partial charge in [-0.15, -0.1) is 0 Å². The van der Waals surface area contributed by atoms with Gasteiger partial charge in [0.25, 0.3) is 5.91 Å². The van der Waals surface area contributed by atoms with Gasteiger partial charge in [0, 0.05) is 5.69 Å². The molecule has 0 bridgehead atoms. The number of benzene rings is 2. The first-order valence-electron chi connectivity index (χ1n) is 6.97. The van der Waals surface area contributed by atoms with E-state index in [1.54, 1.807) is 18.2 Å². The molecule has 0 aliphatic rings. The summed E-state index contributed by atoms with van der Waals surface area (Å²) in [4.78, 5) is 24.1. The van der Waals surface area contributed by atoms with Crippen LogP contribution < -0.4 is 10.9 Å². The number of nitrogens with one attached hydrogen (secondary N) is 1. The van der Waals surface area contributed by atoms with E-state index in [-0.39, 0.29) is 11.4 Å². The molecule has 1 aromatic heterocycles. The normalized spacial score (nSPS) is 11.5. The van der Waals surface area contributed by atoms with Crippen molar-refractivity contribution in [2.45, 2.75) is 6.18 Å². The summed E-state index contributed by atoms with van der Waals surface area (Å²) in [6, 6.07) is 10.8. The number of carbonyl (C=O) groups excluding carboxylic acids is 1. The van der Waals surface area contributed by atoms with Crippen LogP contribution in [-0.2, 0) is 6.18 Å². The first-order chi connectivity index (χ1) is 11.8. The minimum atomic E-state index is -4.66. The van der Waals surface area contributed by atoms with Gasteiger partial charge in [0.2, 0.25) is 0 Å². The predicted molar refractivity (Wildman–Crippen MR) is 86.9 cm³/mol. The summed E-state index contributed by atoms with van der Waals surface area (Å²) in [5, 5.41) is 2.55. The van der Waals surface area contributed by atoms with Crippen molar-refractivity contribution < 1.29 is 22.4 Å². The molecule has 0 atom stereocenters. The highest BCUT2D eigenvalue weighted by Crippen LogP contribution is 2.36. The Morgan fingerprint density at radius 2 is 1.80 bits per heavy atom. The zero-order chi connectivity index (χ0) is 18.2. The maximum atomic E-state index is 12.9. The molecule has 0 fully saturated rings. The molecule has 3 aromatic rings. The van der Waals surface area contributed by atoms with Crippen molar-refractivity contribution in [3.05, 3.63) is 75.3 Å². The summed E-state index contributed by atoms with van der Waals surface area (Å²) >= 11 is 5.53.